The van der Waals surface area contributed by atoms with Crippen LogP contribution in [0.3, 0.4) is 0 Å². The van der Waals surface area contributed by atoms with Crippen LogP contribution in [0.2, 0.25) is 0 Å². The molecule has 0 radical (unpaired) electrons. The minimum absolute atomic E-state index is 0.718. The van der Waals surface area contributed by atoms with Crippen LogP contribution in [0.4, 0.5) is 0 Å². The number of likely N-dealkylation sites (N-methyl/N-ethyl adjacent to an activating group) is 1. The van der Waals surface area contributed by atoms with Gasteiger partial charge in [0, 0.05) is 12.3 Å². The molecule has 0 spiro atoms. The molecule has 2 rings (SSSR count). The summed E-state index contributed by atoms with van der Waals surface area (Å²) in [5.41, 5.74) is 1.08. The van der Waals surface area contributed by atoms with Crippen LogP contribution >= 0.6 is 0 Å². The van der Waals surface area contributed by atoms with Gasteiger partial charge in [0.2, 0.25) is 0 Å². The van der Waals surface area contributed by atoms with Crippen molar-refractivity contribution in [1.29, 1.82) is 0 Å². The maximum Gasteiger partial charge on any atom is 0.139 e. The molecule has 0 aromatic heterocycles. The first-order valence-electron chi connectivity index (χ1n) is 6.05. The Morgan fingerprint density at radius 3 is 2.89 bits per heavy atom. The largest absolute Gasteiger partial charge is 0.497 e. The Morgan fingerprint density at radius 2 is 2.22 bits per heavy atom. The van der Waals surface area contributed by atoms with Gasteiger partial charge in [-0.15, -0.1) is 0 Å². The highest BCUT2D eigenvalue weighted by Crippen LogP contribution is 2.19. The van der Waals surface area contributed by atoms with Crippen LogP contribution in [-0.2, 0) is 4.74 Å². The average Bonchev–Trinajstić information content (AvgIpc) is 2.39. The highest BCUT2D eigenvalue weighted by Gasteiger charge is 2.18. The van der Waals surface area contributed by atoms with Crippen molar-refractivity contribution in [1.82, 2.24) is 4.90 Å². The number of allylic oxidation sites excluding steroid dienone is 1. The van der Waals surface area contributed by atoms with Crippen LogP contribution < -0.4 is 15.2 Å². The first-order valence-corrected chi connectivity index (χ1v) is 6.05. The van der Waals surface area contributed by atoms with Crippen LogP contribution in [0.5, 0.6) is 5.75 Å². The molecule has 0 unspecified atom stereocenters. The summed E-state index contributed by atoms with van der Waals surface area (Å²) in [6.07, 6.45) is 1.99. The fourth-order valence-corrected chi connectivity index (χ4v) is 2.12. The Balaban J connectivity index is 2.74. The molecule has 0 N–H and O–H groups in total. The van der Waals surface area contributed by atoms with Crippen LogP contribution in [0, 0.1) is 0 Å². The summed E-state index contributed by atoms with van der Waals surface area (Å²) >= 11 is 0. The van der Waals surface area contributed by atoms with Gasteiger partial charge in [0.1, 0.15) is 18.1 Å². The fraction of sp³-hybridized carbons (Fsp3) is 0.333. The number of hydrogen-bond acceptors (Lipinski definition) is 3. The van der Waals surface area contributed by atoms with Crippen LogP contribution in [-0.4, -0.2) is 32.2 Å². The van der Waals surface area contributed by atoms with Gasteiger partial charge in [-0.25, -0.2) is 0 Å². The topological polar surface area (TPSA) is 21.7 Å². The summed E-state index contributed by atoms with van der Waals surface area (Å²) in [6, 6.07) is 5.90. The summed E-state index contributed by atoms with van der Waals surface area (Å²) in [7, 11) is 3.74. The van der Waals surface area contributed by atoms with E-state index in [4.69, 9.17) is 9.47 Å². The predicted octanol–water partition coefficient (Wildman–Crippen LogP) is 1.08. The number of hydrogen-bond donors (Lipinski definition) is 0. The van der Waals surface area contributed by atoms with Gasteiger partial charge < -0.3 is 14.4 Å². The lowest BCUT2D eigenvalue weighted by molar-refractivity contribution is 0.166. The van der Waals surface area contributed by atoms with Crippen molar-refractivity contribution >= 4 is 12.3 Å². The van der Waals surface area contributed by atoms with E-state index in [-0.39, 0.29) is 0 Å². The lowest BCUT2D eigenvalue weighted by atomic mass is 10.1. The molecule has 3 nitrogen and oxygen atoms in total. The Morgan fingerprint density at radius 1 is 1.44 bits per heavy atom. The van der Waals surface area contributed by atoms with Crippen molar-refractivity contribution in [3.63, 3.8) is 0 Å². The third kappa shape index (κ3) is 2.21. The first kappa shape index (κ1) is 12.6. The average molecular weight is 245 g/mol. The lowest BCUT2D eigenvalue weighted by Crippen LogP contribution is -2.38. The zero-order chi connectivity index (χ0) is 13.1. The van der Waals surface area contributed by atoms with Crippen molar-refractivity contribution in [3.8, 4) is 5.75 Å². The molecule has 0 amide bonds. The zero-order valence-corrected chi connectivity index (χ0v) is 11.2. The molecular formula is C15H19NO2. The van der Waals surface area contributed by atoms with E-state index in [1.807, 2.05) is 31.2 Å². The monoisotopic (exact) mass is 245 g/mol. The Hall–Kier alpha value is -1.90. The molecule has 1 saturated heterocycles. The van der Waals surface area contributed by atoms with Gasteiger partial charge in [-0.2, -0.15) is 0 Å². The van der Waals surface area contributed by atoms with E-state index in [0.29, 0.717) is 0 Å². The molecule has 96 valence electrons. The molecule has 1 aliphatic heterocycles. The molecule has 1 aliphatic rings. The van der Waals surface area contributed by atoms with Gasteiger partial charge in [-0.3, -0.25) is 0 Å². The summed E-state index contributed by atoms with van der Waals surface area (Å²) in [5.74, 6) is 1.74. The molecular weight excluding hydrogens is 226 g/mol. The second-order valence-electron chi connectivity index (χ2n) is 4.29. The van der Waals surface area contributed by atoms with Gasteiger partial charge in [0.25, 0.3) is 0 Å². The molecule has 1 aromatic carbocycles. The highest BCUT2D eigenvalue weighted by atomic mass is 16.5. The molecule has 18 heavy (non-hydrogen) atoms. The van der Waals surface area contributed by atoms with E-state index in [2.05, 4.69) is 18.5 Å². The maximum absolute atomic E-state index is 5.71. The molecule has 0 bridgehead atoms. The van der Waals surface area contributed by atoms with Crippen molar-refractivity contribution in [3.05, 3.63) is 40.5 Å². The summed E-state index contributed by atoms with van der Waals surface area (Å²) in [6.45, 7) is 7.67. The molecule has 0 saturated carbocycles. The van der Waals surface area contributed by atoms with Crippen LogP contribution in [0.15, 0.2) is 30.0 Å². The number of rotatable bonds is 1. The Kier molecular flexibility index (Phi) is 3.60. The van der Waals surface area contributed by atoms with Crippen LogP contribution in [0.25, 0.3) is 12.3 Å². The molecule has 1 fully saturated rings. The van der Waals surface area contributed by atoms with Crippen molar-refractivity contribution in [2.75, 3.05) is 27.3 Å². The smallest absolute Gasteiger partial charge is 0.139 e. The van der Waals surface area contributed by atoms with Gasteiger partial charge in [0.05, 0.1) is 19.4 Å². The van der Waals surface area contributed by atoms with Gasteiger partial charge in [0.15, 0.2) is 0 Å². The maximum atomic E-state index is 5.71. The molecule has 0 aliphatic carbocycles. The first-order chi connectivity index (χ1) is 8.67. The predicted molar refractivity (Wildman–Crippen MR) is 73.5 cm³/mol. The second-order valence-corrected chi connectivity index (χ2v) is 4.29. The number of morpholine rings is 1. The Bertz CT molecular complexity index is 575. The normalized spacial score (nSPS) is 20.8. The summed E-state index contributed by atoms with van der Waals surface area (Å²) in [4.78, 5) is 2.20. The van der Waals surface area contributed by atoms with Gasteiger partial charge >= 0.3 is 0 Å². The van der Waals surface area contributed by atoms with E-state index < -0.39 is 0 Å². The number of nitrogens with zero attached hydrogens (tertiary/aromatic N) is 1. The van der Waals surface area contributed by atoms with Crippen molar-refractivity contribution < 1.29 is 9.47 Å². The van der Waals surface area contributed by atoms with E-state index in [1.54, 1.807) is 7.11 Å². The number of methoxy groups -OCH3 is 1. The standard InChI is InChI=1S/C15H19NO2/c1-5-14-15(16(3)8-9-18-14)13-10-12(17-4)7-6-11(13)2/h5-7,10H,2,8-9H2,1,3-4H3/b14-5?,15-13+. The number of ether oxygens (including phenoxy) is 2. The molecule has 3 heteroatoms. The summed E-state index contributed by atoms with van der Waals surface area (Å²) in [5, 5.41) is 2.03. The molecule has 1 aromatic rings. The minimum Gasteiger partial charge on any atom is -0.497 e. The van der Waals surface area contributed by atoms with E-state index >= 15 is 0 Å². The molecule has 1 heterocycles. The minimum atomic E-state index is 0.718. The third-order valence-electron chi connectivity index (χ3n) is 3.13. The SMILES string of the molecule is C=c1ccc(OC)c/c1=C1/C(=CC)OCCN1C. The number of benzene rings is 1. The third-order valence-corrected chi connectivity index (χ3v) is 3.13. The fourth-order valence-electron chi connectivity index (χ4n) is 2.12. The molecule has 0 atom stereocenters. The van der Waals surface area contributed by atoms with Gasteiger partial charge in [-0.1, -0.05) is 12.6 Å². The van der Waals surface area contributed by atoms with Crippen molar-refractivity contribution in [2.24, 2.45) is 0 Å². The van der Waals surface area contributed by atoms with E-state index in [1.165, 1.54) is 0 Å². The highest BCUT2D eigenvalue weighted by molar-refractivity contribution is 5.61. The van der Waals surface area contributed by atoms with Crippen LogP contribution in [0.1, 0.15) is 6.92 Å². The zero-order valence-electron chi connectivity index (χ0n) is 11.2. The van der Waals surface area contributed by atoms with Gasteiger partial charge in [-0.05, 0) is 30.4 Å². The Labute approximate surface area is 108 Å². The lowest BCUT2D eigenvalue weighted by Gasteiger charge is -2.30. The van der Waals surface area contributed by atoms with E-state index in [0.717, 1.165) is 40.8 Å². The van der Waals surface area contributed by atoms with E-state index in [9.17, 15) is 0 Å². The quantitative estimate of drug-likeness (QED) is 0.739. The van der Waals surface area contributed by atoms with Crippen molar-refractivity contribution in [2.45, 2.75) is 6.92 Å². The second kappa shape index (κ2) is 5.17. The summed E-state index contributed by atoms with van der Waals surface area (Å²) < 4.78 is 11.0.